The lowest BCUT2D eigenvalue weighted by Gasteiger charge is -2.46. The van der Waals surface area contributed by atoms with Crippen molar-refractivity contribution in [1.82, 2.24) is 4.90 Å². The molecule has 5 heteroatoms. The fraction of sp³-hybridized carbons (Fsp3) is 0.722. The molecule has 3 heterocycles. The number of thiophene rings is 1. The number of hydrogen-bond acceptors (Lipinski definition) is 4. The van der Waals surface area contributed by atoms with Gasteiger partial charge >= 0.3 is 6.09 Å². The SMILES string of the molecule is Cc1cc2c(s1)C1(CCN(C(=O)OC(C)(C)C)C(C)C1)OCC2. The Labute approximate surface area is 142 Å². The molecule has 1 amide bonds. The van der Waals surface area contributed by atoms with Gasteiger partial charge in [-0.3, -0.25) is 0 Å². The largest absolute Gasteiger partial charge is 0.444 e. The zero-order valence-electron chi connectivity index (χ0n) is 14.8. The van der Waals surface area contributed by atoms with Crippen LogP contribution in [-0.2, 0) is 21.5 Å². The second-order valence-corrected chi connectivity index (χ2v) is 9.04. The summed E-state index contributed by atoms with van der Waals surface area (Å²) in [5, 5.41) is 0. The van der Waals surface area contributed by atoms with E-state index in [2.05, 4.69) is 19.9 Å². The molecule has 1 saturated heterocycles. The highest BCUT2D eigenvalue weighted by Gasteiger charge is 2.46. The molecule has 2 unspecified atom stereocenters. The van der Waals surface area contributed by atoms with E-state index in [-0.39, 0.29) is 17.7 Å². The van der Waals surface area contributed by atoms with Crippen molar-refractivity contribution in [2.75, 3.05) is 13.2 Å². The Morgan fingerprint density at radius 3 is 2.87 bits per heavy atom. The summed E-state index contributed by atoms with van der Waals surface area (Å²) in [4.78, 5) is 17.0. The van der Waals surface area contributed by atoms with Crippen LogP contribution in [0, 0.1) is 6.92 Å². The summed E-state index contributed by atoms with van der Waals surface area (Å²) in [6.45, 7) is 11.5. The molecule has 1 aromatic heterocycles. The second kappa shape index (κ2) is 5.78. The number of aryl methyl sites for hydroxylation is 1. The quantitative estimate of drug-likeness (QED) is 0.710. The molecule has 4 nitrogen and oxygen atoms in total. The summed E-state index contributed by atoms with van der Waals surface area (Å²) >= 11 is 1.86. The molecule has 0 aromatic carbocycles. The average molecular weight is 337 g/mol. The molecule has 0 radical (unpaired) electrons. The number of rotatable bonds is 0. The molecule has 1 spiro atoms. The third-order valence-corrected chi connectivity index (χ3v) is 5.92. The monoisotopic (exact) mass is 337 g/mol. The van der Waals surface area contributed by atoms with Gasteiger partial charge in [0.15, 0.2) is 0 Å². The van der Waals surface area contributed by atoms with Gasteiger partial charge in [0.05, 0.1) is 6.61 Å². The molecule has 1 fully saturated rings. The van der Waals surface area contributed by atoms with E-state index in [4.69, 9.17) is 9.47 Å². The van der Waals surface area contributed by atoms with Crippen LogP contribution in [0.2, 0.25) is 0 Å². The molecular weight excluding hydrogens is 310 g/mol. The summed E-state index contributed by atoms with van der Waals surface area (Å²) in [7, 11) is 0. The summed E-state index contributed by atoms with van der Waals surface area (Å²) in [6.07, 6.45) is 2.49. The molecule has 0 N–H and O–H groups in total. The molecule has 128 valence electrons. The topological polar surface area (TPSA) is 38.8 Å². The first-order valence-electron chi connectivity index (χ1n) is 8.44. The fourth-order valence-corrected chi connectivity index (χ4v) is 4.95. The van der Waals surface area contributed by atoms with Crippen molar-refractivity contribution < 1.29 is 14.3 Å². The van der Waals surface area contributed by atoms with Gasteiger partial charge < -0.3 is 14.4 Å². The van der Waals surface area contributed by atoms with Crippen LogP contribution >= 0.6 is 11.3 Å². The van der Waals surface area contributed by atoms with Crippen LogP contribution in [0.5, 0.6) is 0 Å². The van der Waals surface area contributed by atoms with Crippen LogP contribution in [0.25, 0.3) is 0 Å². The van der Waals surface area contributed by atoms with E-state index in [1.807, 2.05) is 37.0 Å². The Morgan fingerprint density at radius 1 is 1.48 bits per heavy atom. The molecule has 2 aliphatic heterocycles. The van der Waals surface area contributed by atoms with Crippen molar-refractivity contribution in [3.63, 3.8) is 0 Å². The van der Waals surface area contributed by atoms with Gasteiger partial charge in [-0.1, -0.05) is 0 Å². The maximum atomic E-state index is 12.4. The number of ether oxygens (including phenoxy) is 2. The number of nitrogens with zero attached hydrogens (tertiary/aromatic N) is 1. The second-order valence-electron chi connectivity index (χ2n) is 7.78. The van der Waals surface area contributed by atoms with Crippen molar-refractivity contribution >= 4 is 17.4 Å². The normalized spacial score (nSPS) is 27.9. The number of likely N-dealkylation sites (tertiary alicyclic amines) is 1. The number of fused-ring (bicyclic) bond motifs is 2. The van der Waals surface area contributed by atoms with E-state index in [0.717, 1.165) is 25.9 Å². The van der Waals surface area contributed by atoms with Crippen LogP contribution in [0.4, 0.5) is 4.79 Å². The summed E-state index contributed by atoms with van der Waals surface area (Å²) in [6, 6.07) is 2.42. The lowest BCUT2D eigenvalue weighted by atomic mass is 9.82. The Hall–Kier alpha value is -1.07. The molecule has 0 aliphatic carbocycles. The highest BCUT2D eigenvalue weighted by atomic mass is 32.1. The lowest BCUT2D eigenvalue weighted by Crippen LogP contribution is -2.53. The van der Waals surface area contributed by atoms with Crippen LogP contribution in [-0.4, -0.2) is 35.8 Å². The molecule has 0 bridgehead atoms. The van der Waals surface area contributed by atoms with Crippen LogP contribution < -0.4 is 0 Å². The summed E-state index contributed by atoms with van der Waals surface area (Å²) in [5.41, 5.74) is 0.784. The van der Waals surface area contributed by atoms with Crippen molar-refractivity contribution in [3.05, 3.63) is 21.4 Å². The highest BCUT2D eigenvalue weighted by molar-refractivity contribution is 7.12. The first-order chi connectivity index (χ1) is 10.7. The van der Waals surface area contributed by atoms with E-state index in [1.165, 1.54) is 15.3 Å². The Balaban J connectivity index is 1.78. The van der Waals surface area contributed by atoms with Crippen molar-refractivity contribution in [1.29, 1.82) is 0 Å². The lowest BCUT2D eigenvalue weighted by molar-refractivity contribution is -0.108. The van der Waals surface area contributed by atoms with E-state index in [1.54, 1.807) is 0 Å². The molecule has 2 aliphatic rings. The van der Waals surface area contributed by atoms with Gasteiger partial charge in [-0.2, -0.15) is 0 Å². The van der Waals surface area contributed by atoms with Gasteiger partial charge in [-0.25, -0.2) is 4.79 Å². The molecule has 0 saturated carbocycles. The Bertz CT molecular complexity index is 604. The van der Waals surface area contributed by atoms with E-state index < -0.39 is 5.60 Å². The average Bonchev–Trinajstić information content (AvgIpc) is 2.79. The predicted octanol–water partition coefficient (Wildman–Crippen LogP) is 4.24. The van der Waals surface area contributed by atoms with Crippen molar-refractivity contribution in [3.8, 4) is 0 Å². The van der Waals surface area contributed by atoms with E-state index >= 15 is 0 Å². The van der Waals surface area contributed by atoms with Gasteiger partial charge in [0.1, 0.15) is 11.2 Å². The Morgan fingerprint density at radius 2 is 2.22 bits per heavy atom. The zero-order valence-corrected chi connectivity index (χ0v) is 15.6. The van der Waals surface area contributed by atoms with E-state index in [0.29, 0.717) is 6.54 Å². The zero-order chi connectivity index (χ0) is 16.8. The van der Waals surface area contributed by atoms with Crippen molar-refractivity contribution in [2.45, 2.75) is 71.1 Å². The van der Waals surface area contributed by atoms with Gasteiger partial charge in [-0.15, -0.1) is 11.3 Å². The summed E-state index contributed by atoms with van der Waals surface area (Å²) in [5.74, 6) is 0. The van der Waals surface area contributed by atoms with Crippen LogP contribution in [0.15, 0.2) is 6.07 Å². The van der Waals surface area contributed by atoms with Gasteiger partial charge in [-0.05, 0) is 59.1 Å². The molecule has 3 rings (SSSR count). The third-order valence-electron chi connectivity index (χ3n) is 4.64. The molecule has 2 atom stereocenters. The fourth-order valence-electron chi connectivity index (χ4n) is 3.70. The molecular formula is C18H27NO3S. The van der Waals surface area contributed by atoms with Gasteiger partial charge in [0.25, 0.3) is 0 Å². The van der Waals surface area contributed by atoms with Gasteiger partial charge in [0, 0.05) is 28.8 Å². The maximum absolute atomic E-state index is 12.4. The third kappa shape index (κ3) is 3.26. The maximum Gasteiger partial charge on any atom is 0.410 e. The standard InChI is InChI=1S/C18H27NO3S/c1-12-11-18(7-8-19(12)16(20)22-17(3,4)5)15-14(6-9-21-18)10-13(2)23-15/h10,12H,6-9,11H2,1-5H3. The predicted molar refractivity (Wildman–Crippen MR) is 92.0 cm³/mol. The van der Waals surface area contributed by atoms with Crippen LogP contribution in [0.3, 0.4) is 0 Å². The number of hydrogen-bond donors (Lipinski definition) is 0. The highest BCUT2D eigenvalue weighted by Crippen LogP contribution is 2.46. The molecule has 1 aromatic rings. The Kier molecular flexibility index (Phi) is 4.21. The summed E-state index contributed by atoms with van der Waals surface area (Å²) < 4.78 is 11.8. The number of amides is 1. The van der Waals surface area contributed by atoms with Crippen LogP contribution in [0.1, 0.15) is 55.9 Å². The van der Waals surface area contributed by atoms with Gasteiger partial charge in [0.2, 0.25) is 0 Å². The first kappa shape index (κ1) is 16.8. The minimum atomic E-state index is -0.453. The number of carbonyl (C=O) groups excluding carboxylic acids is 1. The molecule has 23 heavy (non-hydrogen) atoms. The number of carbonyl (C=O) groups is 1. The first-order valence-corrected chi connectivity index (χ1v) is 9.25. The minimum absolute atomic E-state index is 0.118. The van der Waals surface area contributed by atoms with E-state index in [9.17, 15) is 4.79 Å². The number of piperidine rings is 1. The minimum Gasteiger partial charge on any atom is -0.444 e. The van der Waals surface area contributed by atoms with Crippen molar-refractivity contribution in [2.24, 2.45) is 0 Å². The smallest absolute Gasteiger partial charge is 0.410 e.